The molecule has 9 nitrogen and oxygen atoms in total. The van der Waals surface area contributed by atoms with Gasteiger partial charge in [0.2, 0.25) is 0 Å². The smallest absolute Gasteiger partial charge is 0.309 e. The first-order valence-electron chi connectivity index (χ1n) is 5.78. The van der Waals surface area contributed by atoms with E-state index < -0.39 is 17.8 Å². The Morgan fingerprint density at radius 3 is 2.81 bits per heavy atom. The molecule has 0 aliphatic rings. The summed E-state index contributed by atoms with van der Waals surface area (Å²) in [5.41, 5.74) is 4.74. The molecule has 0 saturated heterocycles. The summed E-state index contributed by atoms with van der Waals surface area (Å²) in [5.74, 6) is -1.95. The fourth-order valence-electron chi connectivity index (χ4n) is 1.43. The Labute approximate surface area is 122 Å². The molecule has 2 aromatic rings. The lowest BCUT2D eigenvalue weighted by molar-refractivity contribution is -0.136. The first-order valence-corrected chi connectivity index (χ1v) is 6.66. The number of aliphatic carboxylic acids is 1. The highest BCUT2D eigenvalue weighted by Crippen LogP contribution is 2.06. The Morgan fingerprint density at radius 2 is 2.14 bits per heavy atom. The summed E-state index contributed by atoms with van der Waals surface area (Å²) in [4.78, 5) is 34.1. The van der Waals surface area contributed by atoms with E-state index in [9.17, 15) is 14.4 Å². The lowest BCUT2D eigenvalue weighted by Gasteiger charge is -2.05. The number of hydrogen-bond acceptors (Lipinski definition) is 6. The first-order chi connectivity index (χ1) is 10.0. The maximum Gasteiger partial charge on any atom is 0.309 e. The summed E-state index contributed by atoms with van der Waals surface area (Å²) in [6, 6.07) is 3.35. The number of nitrogens with zero attached hydrogens (tertiary/aromatic N) is 3. The first kappa shape index (κ1) is 14.7. The van der Waals surface area contributed by atoms with E-state index in [1.54, 1.807) is 17.5 Å². The summed E-state index contributed by atoms with van der Waals surface area (Å²) < 4.78 is 1.19. The summed E-state index contributed by atoms with van der Waals surface area (Å²) in [5, 5.41) is 17.6. The van der Waals surface area contributed by atoms with Gasteiger partial charge in [0.15, 0.2) is 0 Å². The van der Waals surface area contributed by atoms with Crippen molar-refractivity contribution in [2.75, 3.05) is 0 Å². The van der Waals surface area contributed by atoms with Crippen molar-refractivity contribution in [2.45, 2.75) is 13.0 Å². The minimum Gasteiger partial charge on any atom is -0.481 e. The fourth-order valence-corrected chi connectivity index (χ4v) is 2.05. The molecule has 2 amide bonds. The number of carboxylic acid groups (broad SMARTS) is 1. The molecule has 0 fully saturated rings. The normalized spacial score (nSPS) is 10.1. The molecule has 0 saturated carbocycles. The number of hydrogen-bond donors (Lipinski definition) is 3. The highest BCUT2D eigenvalue weighted by molar-refractivity contribution is 7.12. The maximum absolute atomic E-state index is 11.6. The predicted molar refractivity (Wildman–Crippen MR) is 71.3 cm³/mol. The molecule has 2 rings (SSSR count). The third kappa shape index (κ3) is 4.38. The molecule has 0 aliphatic carbocycles. The number of carbonyl (C=O) groups is 3. The number of aromatic nitrogens is 3. The van der Waals surface area contributed by atoms with Crippen LogP contribution in [0, 0.1) is 0 Å². The number of rotatable bonds is 5. The van der Waals surface area contributed by atoms with Gasteiger partial charge in [-0.2, -0.15) is 0 Å². The van der Waals surface area contributed by atoms with E-state index in [0.717, 1.165) is 0 Å². The SMILES string of the molecule is O=C(O)Cc1cn(CC(=O)NNC(=O)c2cccs2)nn1. The van der Waals surface area contributed by atoms with Crippen LogP contribution in [0.5, 0.6) is 0 Å². The molecule has 0 bridgehead atoms. The second-order valence-electron chi connectivity index (χ2n) is 3.96. The van der Waals surface area contributed by atoms with Crippen molar-refractivity contribution in [3.8, 4) is 0 Å². The molecule has 0 atom stereocenters. The Hall–Kier alpha value is -2.75. The van der Waals surface area contributed by atoms with Crippen LogP contribution in [0.1, 0.15) is 15.4 Å². The van der Waals surface area contributed by atoms with E-state index in [1.165, 1.54) is 22.2 Å². The van der Waals surface area contributed by atoms with Crippen molar-refractivity contribution in [1.29, 1.82) is 0 Å². The van der Waals surface area contributed by atoms with Gasteiger partial charge < -0.3 is 5.11 Å². The molecule has 10 heteroatoms. The summed E-state index contributed by atoms with van der Waals surface area (Å²) in [6.45, 7) is -0.183. The van der Waals surface area contributed by atoms with Crippen LogP contribution in [0.3, 0.4) is 0 Å². The largest absolute Gasteiger partial charge is 0.481 e. The van der Waals surface area contributed by atoms with Crippen LogP contribution >= 0.6 is 11.3 Å². The number of thiophene rings is 1. The van der Waals surface area contributed by atoms with Gasteiger partial charge in [0.25, 0.3) is 11.8 Å². The highest BCUT2D eigenvalue weighted by atomic mass is 32.1. The van der Waals surface area contributed by atoms with Gasteiger partial charge in [-0.15, -0.1) is 16.4 Å². The standard InChI is InChI=1S/C11H11N5O4S/c17-9(13-14-11(20)8-2-1-3-21-8)6-16-5-7(12-15-16)4-10(18)19/h1-3,5H,4,6H2,(H,13,17)(H,14,20)(H,18,19). The highest BCUT2D eigenvalue weighted by Gasteiger charge is 2.10. The van der Waals surface area contributed by atoms with Crippen LogP contribution in [0.25, 0.3) is 0 Å². The molecule has 2 aromatic heterocycles. The van der Waals surface area contributed by atoms with Gasteiger partial charge in [0.05, 0.1) is 17.0 Å². The second kappa shape index (κ2) is 6.61. The molecule has 110 valence electrons. The number of hydrazine groups is 1. The average molecular weight is 309 g/mol. The van der Waals surface area contributed by atoms with E-state index in [4.69, 9.17) is 5.11 Å². The zero-order valence-electron chi connectivity index (χ0n) is 10.6. The van der Waals surface area contributed by atoms with E-state index in [2.05, 4.69) is 21.2 Å². The second-order valence-corrected chi connectivity index (χ2v) is 4.91. The van der Waals surface area contributed by atoms with Gasteiger partial charge in [-0.25, -0.2) is 4.68 Å². The van der Waals surface area contributed by atoms with Crippen LogP contribution in [0.4, 0.5) is 0 Å². The molecule has 21 heavy (non-hydrogen) atoms. The number of carbonyl (C=O) groups excluding carboxylic acids is 2. The van der Waals surface area contributed by atoms with Crippen LogP contribution < -0.4 is 10.9 Å². The zero-order valence-corrected chi connectivity index (χ0v) is 11.5. The lowest BCUT2D eigenvalue weighted by atomic mass is 10.3. The van der Waals surface area contributed by atoms with E-state index in [0.29, 0.717) is 4.88 Å². The molecular weight excluding hydrogens is 298 g/mol. The van der Waals surface area contributed by atoms with E-state index in [-0.39, 0.29) is 18.7 Å². The summed E-state index contributed by atoms with van der Waals surface area (Å²) in [6.07, 6.45) is 1.09. The molecular formula is C11H11N5O4S. The number of amides is 2. The number of nitrogens with one attached hydrogen (secondary N) is 2. The van der Waals surface area contributed by atoms with Crippen molar-refractivity contribution in [1.82, 2.24) is 25.8 Å². The van der Waals surface area contributed by atoms with Crippen molar-refractivity contribution in [3.05, 3.63) is 34.3 Å². The Balaban J connectivity index is 1.80. The van der Waals surface area contributed by atoms with Crippen molar-refractivity contribution in [3.63, 3.8) is 0 Å². The maximum atomic E-state index is 11.6. The lowest BCUT2D eigenvalue weighted by Crippen LogP contribution is -2.43. The van der Waals surface area contributed by atoms with Gasteiger partial charge in [-0.05, 0) is 11.4 Å². The molecule has 0 aromatic carbocycles. The minimum atomic E-state index is -1.03. The fraction of sp³-hybridized carbons (Fsp3) is 0.182. The van der Waals surface area contributed by atoms with Crippen LogP contribution in [0.2, 0.25) is 0 Å². The van der Waals surface area contributed by atoms with Crippen molar-refractivity contribution in [2.24, 2.45) is 0 Å². The zero-order chi connectivity index (χ0) is 15.2. The van der Waals surface area contributed by atoms with Gasteiger partial charge >= 0.3 is 5.97 Å². The molecule has 0 spiro atoms. The quantitative estimate of drug-likeness (QED) is 0.635. The molecule has 0 aliphatic heterocycles. The minimum absolute atomic E-state index is 0.183. The van der Waals surface area contributed by atoms with Gasteiger partial charge in [0.1, 0.15) is 6.54 Å². The summed E-state index contributed by atoms with van der Waals surface area (Å²) in [7, 11) is 0. The van der Waals surface area contributed by atoms with Crippen LogP contribution in [0.15, 0.2) is 23.7 Å². The molecule has 2 heterocycles. The summed E-state index contributed by atoms with van der Waals surface area (Å²) >= 11 is 1.25. The number of carboxylic acids is 1. The average Bonchev–Trinajstić information content (AvgIpc) is 3.07. The molecule has 0 radical (unpaired) electrons. The Bertz CT molecular complexity index is 651. The monoisotopic (exact) mass is 309 g/mol. The Morgan fingerprint density at radius 1 is 1.33 bits per heavy atom. The third-order valence-corrected chi connectivity index (χ3v) is 3.15. The van der Waals surface area contributed by atoms with Crippen molar-refractivity contribution < 1.29 is 19.5 Å². The van der Waals surface area contributed by atoms with Crippen LogP contribution in [-0.4, -0.2) is 37.9 Å². The molecule has 3 N–H and O–H groups in total. The van der Waals surface area contributed by atoms with Gasteiger partial charge in [-0.1, -0.05) is 11.3 Å². The van der Waals surface area contributed by atoms with Gasteiger partial charge in [-0.3, -0.25) is 25.2 Å². The van der Waals surface area contributed by atoms with E-state index >= 15 is 0 Å². The predicted octanol–water partition coefficient (Wildman–Crippen LogP) is -0.572. The van der Waals surface area contributed by atoms with E-state index in [1.807, 2.05) is 0 Å². The topological polar surface area (TPSA) is 126 Å². The molecule has 0 unspecified atom stereocenters. The van der Waals surface area contributed by atoms with Crippen LogP contribution in [-0.2, 0) is 22.6 Å². The van der Waals surface area contributed by atoms with Crippen molar-refractivity contribution >= 4 is 29.1 Å². The van der Waals surface area contributed by atoms with Gasteiger partial charge in [0, 0.05) is 6.20 Å². The third-order valence-electron chi connectivity index (χ3n) is 2.28. The Kier molecular flexibility index (Phi) is 4.61.